The largest absolute Gasteiger partial charge is 0.336 e. The van der Waals surface area contributed by atoms with Gasteiger partial charge >= 0.3 is 0 Å². The lowest BCUT2D eigenvalue weighted by Crippen LogP contribution is -2.47. The lowest BCUT2D eigenvalue weighted by molar-refractivity contribution is 0.0664. The number of carbonyl (C=O) groups excluding carboxylic acids is 1. The summed E-state index contributed by atoms with van der Waals surface area (Å²) in [6, 6.07) is 11.9. The summed E-state index contributed by atoms with van der Waals surface area (Å²) in [5, 5.41) is 0.465. The zero-order valence-electron chi connectivity index (χ0n) is 16.3. The molecule has 1 fully saturated rings. The monoisotopic (exact) mass is 455 g/mol. The molecule has 0 radical (unpaired) electrons. The minimum atomic E-state index is -3.59. The maximum Gasteiger partial charge on any atom is 0.253 e. The Labute approximate surface area is 181 Å². The molecule has 9 heteroatoms. The highest BCUT2D eigenvalue weighted by Gasteiger charge is 2.23. The smallest absolute Gasteiger partial charge is 0.253 e. The van der Waals surface area contributed by atoms with Crippen molar-refractivity contribution in [3.8, 4) is 0 Å². The first-order valence-electron chi connectivity index (χ1n) is 9.15. The van der Waals surface area contributed by atoms with Crippen LogP contribution < -0.4 is 4.31 Å². The molecule has 29 heavy (non-hydrogen) atoms. The van der Waals surface area contributed by atoms with Gasteiger partial charge in [0.05, 0.1) is 28.5 Å². The van der Waals surface area contributed by atoms with Gasteiger partial charge < -0.3 is 9.80 Å². The van der Waals surface area contributed by atoms with Gasteiger partial charge in [-0.05, 0) is 36.9 Å². The quantitative estimate of drug-likeness (QED) is 0.693. The Morgan fingerprint density at radius 1 is 1.03 bits per heavy atom. The molecule has 0 saturated carbocycles. The Hall–Kier alpha value is -1.80. The fourth-order valence-corrected chi connectivity index (χ4v) is 4.52. The minimum Gasteiger partial charge on any atom is -0.336 e. The molecule has 6 nitrogen and oxygen atoms in total. The number of sulfonamides is 1. The van der Waals surface area contributed by atoms with E-state index in [1.807, 2.05) is 11.9 Å². The molecule has 3 rings (SSSR count). The number of benzene rings is 2. The van der Waals surface area contributed by atoms with Gasteiger partial charge in [-0.15, -0.1) is 0 Å². The average molecular weight is 456 g/mol. The van der Waals surface area contributed by atoms with E-state index in [2.05, 4.69) is 4.90 Å². The van der Waals surface area contributed by atoms with Crippen molar-refractivity contribution in [2.24, 2.45) is 0 Å². The van der Waals surface area contributed by atoms with Crippen LogP contribution in [0.15, 0.2) is 42.5 Å². The third-order valence-electron chi connectivity index (χ3n) is 4.92. The molecule has 1 amide bonds. The van der Waals surface area contributed by atoms with Gasteiger partial charge in [0.15, 0.2) is 0 Å². The van der Waals surface area contributed by atoms with E-state index in [-0.39, 0.29) is 22.5 Å². The lowest BCUT2D eigenvalue weighted by Gasteiger charge is -2.32. The molecule has 2 aromatic rings. The molecule has 2 aromatic carbocycles. The first-order valence-corrected chi connectivity index (χ1v) is 11.8. The number of amides is 1. The van der Waals surface area contributed by atoms with E-state index in [9.17, 15) is 13.2 Å². The van der Waals surface area contributed by atoms with Crippen LogP contribution >= 0.6 is 23.2 Å². The van der Waals surface area contributed by atoms with Crippen LogP contribution in [0, 0.1) is 0 Å². The van der Waals surface area contributed by atoms with Crippen LogP contribution in [0.1, 0.15) is 15.9 Å². The highest BCUT2D eigenvalue weighted by molar-refractivity contribution is 7.92. The van der Waals surface area contributed by atoms with Gasteiger partial charge in [0, 0.05) is 31.7 Å². The Balaban J connectivity index is 1.79. The number of likely N-dealkylation sites (N-methyl/N-ethyl adjacent to an activating group) is 1. The minimum absolute atomic E-state index is 0.0116. The van der Waals surface area contributed by atoms with Crippen LogP contribution in [-0.4, -0.2) is 63.6 Å². The average Bonchev–Trinajstić information content (AvgIpc) is 2.68. The fourth-order valence-electron chi connectivity index (χ4n) is 3.18. The Morgan fingerprint density at radius 3 is 2.24 bits per heavy atom. The molecule has 0 N–H and O–H groups in total. The number of piperazine rings is 1. The van der Waals surface area contributed by atoms with Crippen molar-refractivity contribution < 1.29 is 13.2 Å². The number of hydrogen-bond donors (Lipinski definition) is 0. The van der Waals surface area contributed by atoms with Crippen molar-refractivity contribution in [3.05, 3.63) is 63.6 Å². The zero-order chi connectivity index (χ0) is 21.2. The van der Waals surface area contributed by atoms with Crippen LogP contribution in [0.4, 0.5) is 5.69 Å². The predicted octanol–water partition coefficient (Wildman–Crippen LogP) is 3.35. The van der Waals surface area contributed by atoms with Crippen LogP contribution in [0.2, 0.25) is 10.0 Å². The van der Waals surface area contributed by atoms with Crippen LogP contribution in [0.5, 0.6) is 0 Å². The predicted molar refractivity (Wildman–Crippen MR) is 117 cm³/mol. The second-order valence-corrected chi connectivity index (χ2v) is 9.83. The summed E-state index contributed by atoms with van der Waals surface area (Å²) in [5.74, 6) is -0.0116. The number of nitrogens with zero attached hydrogens (tertiary/aromatic N) is 3. The second-order valence-electron chi connectivity index (χ2n) is 7.13. The maximum atomic E-state index is 12.7. The van der Waals surface area contributed by atoms with Crippen molar-refractivity contribution in [1.82, 2.24) is 9.80 Å². The van der Waals surface area contributed by atoms with E-state index in [4.69, 9.17) is 23.2 Å². The summed E-state index contributed by atoms with van der Waals surface area (Å²) < 4.78 is 25.9. The number of halogens is 2. The molecule has 0 aromatic heterocycles. The maximum absolute atomic E-state index is 12.7. The van der Waals surface area contributed by atoms with E-state index >= 15 is 0 Å². The zero-order valence-corrected chi connectivity index (χ0v) is 18.6. The molecule has 1 aliphatic heterocycles. The van der Waals surface area contributed by atoms with Crippen molar-refractivity contribution in [3.63, 3.8) is 0 Å². The molecular formula is C20H23Cl2N3O3S. The Morgan fingerprint density at radius 2 is 1.66 bits per heavy atom. The first-order chi connectivity index (χ1) is 13.7. The van der Waals surface area contributed by atoms with Gasteiger partial charge in [0.2, 0.25) is 10.0 Å². The number of rotatable bonds is 5. The molecule has 0 atom stereocenters. The summed E-state index contributed by atoms with van der Waals surface area (Å²) >= 11 is 12.3. The van der Waals surface area contributed by atoms with Gasteiger partial charge in [-0.25, -0.2) is 8.42 Å². The van der Waals surface area contributed by atoms with Gasteiger partial charge in [-0.1, -0.05) is 41.4 Å². The lowest BCUT2D eigenvalue weighted by atomic mass is 10.1. The Kier molecular flexibility index (Phi) is 6.73. The molecule has 0 aliphatic carbocycles. The summed E-state index contributed by atoms with van der Waals surface area (Å²) in [5.41, 5.74) is 1.64. The summed E-state index contributed by atoms with van der Waals surface area (Å²) in [7, 11) is -1.56. The van der Waals surface area contributed by atoms with Crippen molar-refractivity contribution in [1.29, 1.82) is 0 Å². The van der Waals surface area contributed by atoms with E-state index in [0.717, 1.165) is 24.9 Å². The van der Waals surface area contributed by atoms with Crippen molar-refractivity contribution in [2.45, 2.75) is 6.54 Å². The van der Waals surface area contributed by atoms with E-state index in [1.54, 1.807) is 42.5 Å². The summed E-state index contributed by atoms with van der Waals surface area (Å²) in [6.45, 7) is 3.20. The molecule has 0 unspecified atom stereocenters. The normalized spacial score (nSPS) is 15.4. The number of anilines is 1. The SMILES string of the molecule is CN1CCN(C(=O)c2ccc(CN(c3cccc(Cl)c3Cl)S(C)(=O)=O)cc2)CC1. The van der Waals surface area contributed by atoms with Crippen LogP contribution in [-0.2, 0) is 16.6 Å². The topological polar surface area (TPSA) is 60.9 Å². The highest BCUT2D eigenvalue weighted by atomic mass is 35.5. The molecular weight excluding hydrogens is 433 g/mol. The summed E-state index contributed by atoms with van der Waals surface area (Å²) in [6.07, 6.45) is 1.12. The molecule has 0 spiro atoms. The van der Waals surface area contributed by atoms with E-state index < -0.39 is 10.0 Å². The third kappa shape index (κ3) is 5.22. The van der Waals surface area contributed by atoms with Gasteiger partial charge in [0.25, 0.3) is 5.91 Å². The highest BCUT2D eigenvalue weighted by Crippen LogP contribution is 2.34. The first kappa shape index (κ1) is 21.9. The van der Waals surface area contributed by atoms with E-state index in [0.29, 0.717) is 24.3 Å². The molecule has 1 saturated heterocycles. The van der Waals surface area contributed by atoms with Gasteiger partial charge in [-0.2, -0.15) is 0 Å². The van der Waals surface area contributed by atoms with Gasteiger partial charge in [0.1, 0.15) is 0 Å². The fraction of sp³-hybridized carbons (Fsp3) is 0.350. The molecule has 1 heterocycles. The molecule has 1 aliphatic rings. The van der Waals surface area contributed by atoms with Crippen molar-refractivity contribution in [2.75, 3.05) is 43.8 Å². The second kappa shape index (κ2) is 8.92. The summed E-state index contributed by atoms with van der Waals surface area (Å²) in [4.78, 5) is 16.7. The van der Waals surface area contributed by atoms with Gasteiger partial charge in [-0.3, -0.25) is 9.10 Å². The number of hydrogen-bond acceptors (Lipinski definition) is 4. The molecule has 156 valence electrons. The molecule has 0 bridgehead atoms. The third-order valence-corrected chi connectivity index (χ3v) is 6.85. The Bertz CT molecular complexity index is 989. The number of carbonyl (C=O) groups is 1. The van der Waals surface area contributed by atoms with E-state index in [1.165, 1.54) is 4.31 Å². The van der Waals surface area contributed by atoms with Crippen LogP contribution in [0.25, 0.3) is 0 Å². The van der Waals surface area contributed by atoms with Crippen LogP contribution in [0.3, 0.4) is 0 Å². The standard InChI is InChI=1S/C20H23Cl2N3O3S/c1-23-10-12-24(13-11-23)20(26)16-8-6-15(7-9-16)14-25(29(2,27)28)18-5-3-4-17(21)19(18)22/h3-9H,10-14H2,1-2H3. The van der Waals surface area contributed by atoms with Crippen molar-refractivity contribution >= 4 is 44.8 Å².